The summed E-state index contributed by atoms with van der Waals surface area (Å²) in [5, 5.41) is 13.1. The fourth-order valence-electron chi connectivity index (χ4n) is 5.46. The summed E-state index contributed by atoms with van der Waals surface area (Å²) in [5.41, 5.74) is 6.66. The molecule has 0 aliphatic heterocycles. The molecule has 1 aromatic heterocycles. The molecule has 2 aromatic rings. The average Bonchev–Trinajstić information content (AvgIpc) is 3.01. The molecule has 0 unspecified atom stereocenters. The standard InChI is InChI=1S/C30H48N8O3/c31-14-16-40-18-19-41-17-15-32-27(39)25-12-7-13-26(20-25)35-30-37-28(33-21-23-8-3-1-4-9-23)36-29(38-30)34-22-24-10-5-2-6-11-24/h7,12-13,20,23-24H,1-6,8-11,14-19,21-22,31H2,(H,32,39)(H3,33,34,35,36,37,38). The van der Waals surface area contributed by atoms with Crippen LogP contribution in [0.4, 0.5) is 23.5 Å². The number of anilines is 4. The predicted molar refractivity (Wildman–Crippen MR) is 163 cm³/mol. The molecule has 1 amide bonds. The van der Waals surface area contributed by atoms with Crippen LogP contribution < -0.4 is 27.0 Å². The number of nitrogens with one attached hydrogen (secondary N) is 4. The molecule has 11 nitrogen and oxygen atoms in total. The van der Waals surface area contributed by atoms with Crippen molar-refractivity contribution >= 4 is 29.4 Å². The highest BCUT2D eigenvalue weighted by Crippen LogP contribution is 2.25. The third kappa shape index (κ3) is 11.4. The number of aromatic nitrogens is 3. The Morgan fingerprint density at radius 3 is 1.98 bits per heavy atom. The number of carbonyl (C=O) groups is 1. The average molecular weight is 569 g/mol. The van der Waals surface area contributed by atoms with E-state index < -0.39 is 0 Å². The number of rotatable bonds is 17. The van der Waals surface area contributed by atoms with E-state index in [1.54, 1.807) is 12.1 Å². The van der Waals surface area contributed by atoms with Crippen molar-refractivity contribution < 1.29 is 14.3 Å². The number of hydrogen-bond donors (Lipinski definition) is 5. The van der Waals surface area contributed by atoms with Gasteiger partial charge in [-0.1, -0.05) is 44.6 Å². The fourth-order valence-corrected chi connectivity index (χ4v) is 5.46. The molecule has 0 atom stereocenters. The van der Waals surface area contributed by atoms with E-state index in [-0.39, 0.29) is 5.91 Å². The Kier molecular flexibility index (Phi) is 13.4. The molecule has 41 heavy (non-hydrogen) atoms. The quantitative estimate of drug-likeness (QED) is 0.175. The number of carbonyl (C=O) groups excluding carboxylic acids is 1. The van der Waals surface area contributed by atoms with E-state index in [9.17, 15) is 4.79 Å². The third-order valence-corrected chi connectivity index (χ3v) is 7.73. The Hall–Kier alpha value is -3.02. The van der Waals surface area contributed by atoms with Crippen LogP contribution in [-0.2, 0) is 9.47 Å². The maximum absolute atomic E-state index is 12.7. The maximum Gasteiger partial charge on any atom is 0.251 e. The molecule has 1 heterocycles. The number of nitrogens with two attached hydrogens (primary N) is 1. The Morgan fingerprint density at radius 2 is 1.37 bits per heavy atom. The third-order valence-electron chi connectivity index (χ3n) is 7.73. The van der Waals surface area contributed by atoms with Gasteiger partial charge in [0, 0.05) is 37.4 Å². The Labute approximate surface area is 244 Å². The van der Waals surface area contributed by atoms with Crippen LogP contribution in [0.25, 0.3) is 0 Å². The number of nitrogens with zero attached hydrogens (tertiary/aromatic N) is 3. The Bertz CT molecular complexity index is 1000. The zero-order chi connectivity index (χ0) is 28.5. The van der Waals surface area contributed by atoms with Gasteiger partial charge in [0.05, 0.1) is 26.4 Å². The second-order valence-corrected chi connectivity index (χ2v) is 11.1. The second kappa shape index (κ2) is 17.7. The van der Waals surface area contributed by atoms with Gasteiger partial charge in [-0.15, -0.1) is 0 Å². The van der Waals surface area contributed by atoms with Gasteiger partial charge in [-0.3, -0.25) is 4.79 Å². The summed E-state index contributed by atoms with van der Waals surface area (Å²) in [6.07, 6.45) is 12.9. The van der Waals surface area contributed by atoms with Crippen LogP contribution in [0.3, 0.4) is 0 Å². The summed E-state index contributed by atoms with van der Waals surface area (Å²) in [6, 6.07) is 7.32. The van der Waals surface area contributed by atoms with Gasteiger partial charge in [0.25, 0.3) is 5.91 Å². The Balaban J connectivity index is 1.33. The predicted octanol–water partition coefficient (Wildman–Crippen LogP) is 4.32. The fraction of sp³-hybridized carbons (Fsp3) is 0.667. The van der Waals surface area contributed by atoms with E-state index in [0.29, 0.717) is 74.8 Å². The van der Waals surface area contributed by atoms with Gasteiger partial charge < -0.3 is 36.5 Å². The molecule has 11 heteroatoms. The summed E-state index contributed by atoms with van der Waals surface area (Å²) in [5.74, 6) is 2.72. The van der Waals surface area contributed by atoms with Crippen LogP contribution in [0.1, 0.15) is 74.6 Å². The van der Waals surface area contributed by atoms with Crippen LogP contribution in [0, 0.1) is 11.8 Å². The number of ether oxygens (including phenoxy) is 2. The molecule has 6 N–H and O–H groups in total. The molecular formula is C30H48N8O3. The van der Waals surface area contributed by atoms with Crippen molar-refractivity contribution in [1.82, 2.24) is 20.3 Å². The first kappa shape index (κ1) is 30.9. The van der Waals surface area contributed by atoms with Gasteiger partial charge in [-0.25, -0.2) is 0 Å². The minimum atomic E-state index is -0.169. The molecule has 2 aliphatic carbocycles. The molecule has 0 radical (unpaired) electrons. The van der Waals surface area contributed by atoms with Crippen LogP contribution in [0.2, 0.25) is 0 Å². The summed E-state index contributed by atoms with van der Waals surface area (Å²) < 4.78 is 10.8. The summed E-state index contributed by atoms with van der Waals surface area (Å²) in [4.78, 5) is 26.7. The number of benzene rings is 1. The van der Waals surface area contributed by atoms with E-state index in [4.69, 9.17) is 15.2 Å². The van der Waals surface area contributed by atoms with Gasteiger partial charge in [-0.05, 0) is 55.7 Å². The molecule has 4 rings (SSSR count). The lowest BCUT2D eigenvalue weighted by molar-refractivity contribution is 0.0511. The van der Waals surface area contributed by atoms with Crippen LogP contribution >= 0.6 is 0 Å². The lowest BCUT2D eigenvalue weighted by atomic mass is 9.89. The molecule has 2 fully saturated rings. The molecule has 2 aliphatic rings. The molecule has 0 bridgehead atoms. The summed E-state index contributed by atoms with van der Waals surface area (Å²) in [7, 11) is 0. The van der Waals surface area contributed by atoms with Crippen molar-refractivity contribution in [2.45, 2.75) is 64.2 Å². The maximum atomic E-state index is 12.7. The number of hydrogen-bond acceptors (Lipinski definition) is 10. The molecule has 226 valence electrons. The summed E-state index contributed by atoms with van der Waals surface area (Å²) in [6.45, 7) is 4.53. The van der Waals surface area contributed by atoms with E-state index in [2.05, 4.69) is 36.2 Å². The van der Waals surface area contributed by atoms with Crippen molar-refractivity contribution in [2.24, 2.45) is 17.6 Å². The second-order valence-electron chi connectivity index (χ2n) is 11.1. The molecule has 0 saturated heterocycles. The molecule has 1 aromatic carbocycles. The van der Waals surface area contributed by atoms with Gasteiger partial charge in [0.15, 0.2) is 0 Å². The van der Waals surface area contributed by atoms with Gasteiger partial charge in [-0.2, -0.15) is 15.0 Å². The minimum Gasteiger partial charge on any atom is -0.378 e. The zero-order valence-electron chi connectivity index (χ0n) is 24.3. The van der Waals surface area contributed by atoms with Crippen LogP contribution in [-0.4, -0.2) is 73.5 Å². The van der Waals surface area contributed by atoms with E-state index >= 15 is 0 Å². The highest BCUT2D eigenvalue weighted by molar-refractivity contribution is 5.95. The van der Waals surface area contributed by atoms with Gasteiger partial charge >= 0.3 is 0 Å². The lowest BCUT2D eigenvalue weighted by Gasteiger charge is -2.23. The SMILES string of the molecule is NCCOCCOCCNC(=O)c1cccc(Nc2nc(NCC3CCCCC3)nc(NCC3CCCCC3)n2)c1. The molecule has 0 spiro atoms. The zero-order valence-corrected chi connectivity index (χ0v) is 24.3. The first-order valence-corrected chi connectivity index (χ1v) is 15.4. The number of amides is 1. The lowest BCUT2D eigenvalue weighted by Crippen LogP contribution is -2.27. The molecule has 2 saturated carbocycles. The smallest absolute Gasteiger partial charge is 0.251 e. The monoisotopic (exact) mass is 568 g/mol. The van der Waals surface area contributed by atoms with Crippen molar-refractivity contribution in [2.75, 3.05) is 68.6 Å². The van der Waals surface area contributed by atoms with E-state index in [0.717, 1.165) is 18.8 Å². The van der Waals surface area contributed by atoms with Crippen molar-refractivity contribution in [3.63, 3.8) is 0 Å². The van der Waals surface area contributed by atoms with Gasteiger partial charge in [0.1, 0.15) is 0 Å². The highest BCUT2D eigenvalue weighted by atomic mass is 16.5. The highest BCUT2D eigenvalue weighted by Gasteiger charge is 2.17. The topological polar surface area (TPSA) is 148 Å². The van der Waals surface area contributed by atoms with Crippen LogP contribution in [0.5, 0.6) is 0 Å². The summed E-state index contributed by atoms with van der Waals surface area (Å²) >= 11 is 0. The van der Waals surface area contributed by atoms with Gasteiger partial charge in [0.2, 0.25) is 17.8 Å². The van der Waals surface area contributed by atoms with E-state index in [1.807, 2.05) is 12.1 Å². The first-order valence-electron chi connectivity index (χ1n) is 15.4. The molecular weight excluding hydrogens is 520 g/mol. The van der Waals surface area contributed by atoms with Crippen molar-refractivity contribution in [3.8, 4) is 0 Å². The Morgan fingerprint density at radius 1 is 0.780 bits per heavy atom. The van der Waals surface area contributed by atoms with E-state index in [1.165, 1.54) is 64.2 Å². The minimum absolute atomic E-state index is 0.169. The first-order chi connectivity index (χ1) is 20.2. The van der Waals surface area contributed by atoms with Crippen molar-refractivity contribution in [3.05, 3.63) is 29.8 Å². The largest absolute Gasteiger partial charge is 0.378 e. The van der Waals surface area contributed by atoms with Crippen LogP contribution in [0.15, 0.2) is 24.3 Å². The van der Waals surface area contributed by atoms with Crippen molar-refractivity contribution in [1.29, 1.82) is 0 Å². The normalized spacial score (nSPS) is 16.3.